The van der Waals surface area contributed by atoms with E-state index in [1.54, 1.807) is 13.0 Å². The largest absolute Gasteiger partial charge is 0.490 e. The summed E-state index contributed by atoms with van der Waals surface area (Å²) in [5.74, 6) is -0.0935. The summed E-state index contributed by atoms with van der Waals surface area (Å²) in [6.45, 7) is 10.8. The van der Waals surface area contributed by atoms with E-state index in [9.17, 15) is 14.7 Å². The van der Waals surface area contributed by atoms with Crippen LogP contribution in [-0.4, -0.2) is 36.9 Å². The Morgan fingerprint density at radius 3 is 2.08 bits per heavy atom. The van der Waals surface area contributed by atoms with Crippen LogP contribution in [0.3, 0.4) is 0 Å². The lowest BCUT2D eigenvalue weighted by Gasteiger charge is -2.14. The SMILES string of the molecule is C=C(C)C(=O)OCCOc1ccc(-c2ccc(OC(=O)C(=C)CO)cc2-c2ccc(CCCCC)cc2)cc1. The van der Waals surface area contributed by atoms with E-state index >= 15 is 0 Å². The highest BCUT2D eigenvalue weighted by Gasteiger charge is 2.14. The first kappa shape index (κ1) is 29.4. The summed E-state index contributed by atoms with van der Waals surface area (Å²) in [5, 5.41) is 9.21. The molecule has 0 fully saturated rings. The molecule has 0 bridgehead atoms. The average Bonchev–Trinajstić information content (AvgIpc) is 2.95. The summed E-state index contributed by atoms with van der Waals surface area (Å²) in [5.41, 5.74) is 5.42. The maximum absolute atomic E-state index is 12.2. The van der Waals surface area contributed by atoms with Crippen molar-refractivity contribution >= 4 is 11.9 Å². The highest BCUT2D eigenvalue weighted by Crippen LogP contribution is 2.36. The zero-order chi connectivity index (χ0) is 28.2. The third-order valence-electron chi connectivity index (χ3n) is 6.11. The second-order valence-corrected chi connectivity index (χ2v) is 9.30. The third-order valence-corrected chi connectivity index (χ3v) is 6.11. The van der Waals surface area contributed by atoms with Gasteiger partial charge in [-0.25, -0.2) is 9.59 Å². The Labute approximate surface area is 230 Å². The van der Waals surface area contributed by atoms with Gasteiger partial charge >= 0.3 is 11.9 Å². The van der Waals surface area contributed by atoms with Gasteiger partial charge in [-0.15, -0.1) is 0 Å². The first-order chi connectivity index (χ1) is 18.8. The highest BCUT2D eigenvalue weighted by atomic mass is 16.6. The van der Waals surface area contributed by atoms with Gasteiger partial charge in [0.25, 0.3) is 0 Å². The first-order valence-corrected chi connectivity index (χ1v) is 13.1. The van der Waals surface area contributed by atoms with Gasteiger partial charge < -0.3 is 19.3 Å². The molecule has 0 spiro atoms. The van der Waals surface area contributed by atoms with Crippen molar-refractivity contribution in [1.29, 1.82) is 0 Å². The van der Waals surface area contributed by atoms with E-state index in [0.717, 1.165) is 35.1 Å². The molecule has 3 rings (SSSR count). The number of ether oxygens (including phenoxy) is 3. The minimum Gasteiger partial charge on any atom is -0.490 e. The van der Waals surface area contributed by atoms with E-state index in [2.05, 4.69) is 44.3 Å². The van der Waals surface area contributed by atoms with Gasteiger partial charge in [-0.1, -0.05) is 75.4 Å². The van der Waals surface area contributed by atoms with E-state index in [-0.39, 0.29) is 18.8 Å². The Balaban J connectivity index is 1.83. The number of esters is 2. The smallest absolute Gasteiger partial charge is 0.341 e. The van der Waals surface area contributed by atoms with Crippen LogP contribution in [0.5, 0.6) is 11.5 Å². The van der Waals surface area contributed by atoms with Gasteiger partial charge in [-0.2, -0.15) is 0 Å². The van der Waals surface area contributed by atoms with E-state index < -0.39 is 18.5 Å². The fraction of sp³-hybridized carbons (Fsp3) is 0.273. The fourth-order valence-corrected chi connectivity index (χ4v) is 3.90. The molecule has 0 aliphatic rings. The molecule has 0 atom stereocenters. The Morgan fingerprint density at radius 1 is 0.795 bits per heavy atom. The molecule has 0 heterocycles. The summed E-state index contributed by atoms with van der Waals surface area (Å²) in [6.07, 6.45) is 4.58. The summed E-state index contributed by atoms with van der Waals surface area (Å²) < 4.78 is 16.2. The van der Waals surface area contributed by atoms with Gasteiger partial charge in [0.15, 0.2) is 0 Å². The lowest BCUT2D eigenvalue weighted by Crippen LogP contribution is -2.12. The number of benzene rings is 3. The number of unbranched alkanes of at least 4 members (excludes halogenated alkanes) is 2. The summed E-state index contributed by atoms with van der Waals surface area (Å²) >= 11 is 0. The van der Waals surface area contributed by atoms with Crippen molar-refractivity contribution < 1.29 is 28.9 Å². The van der Waals surface area contributed by atoms with Crippen LogP contribution in [0.1, 0.15) is 38.7 Å². The lowest BCUT2D eigenvalue weighted by atomic mass is 9.93. The predicted octanol–water partition coefficient (Wildman–Crippen LogP) is 6.71. The summed E-state index contributed by atoms with van der Waals surface area (Å²) in [6, 6.07) is 21.5. The third kappa shape index (κ3) is 8.69. The van der Waals surface area contributed by atoms with Crippen LogP contribution in [0, 0.1) is 0 Å². The lowest BCUT2D eigenvalue weighted by molar-refractivity contribution is -0.139. The summed E-state index contributed by atoms with van der Waals surface area (Å²) in [4.78, 5) is 23.7. The van der Waals surface area contributed by atoms with Gasteiger partial charge in [0.1, 0.15) is 24.7 Å². The van der Waals surface area contributed by atoms with Crippen molar-refractivity contribution in [1.82, 2.24) is 0 Å². The number of hydrogen-bond donors (Lipinski definition) is 1. The molecule has 0 amide bonds. The van der Waals surface area contributed by atoms with Crippen LogP contribution in [0.15, 0.2) is 91.0 Å². The Bertz CT molecular complexity index is 1290. The number of carbonyl (C=O) groups excluding carboxylic acids is 2. The number of rotatable bonds is 14. The number of aliphatic hydroxyl groups excluding tert-OH is 1. The quantitative estimate of drug-likeness (QED) is 0.108. The van der Waals surface area contributed by atoms with E-state index in [0.29, 0.717) is 17.1 Å². The minimum atomic E-state index is -0.669. The molecule has 3 aromatic carbocycles. The van der Waals surface area contributed by atoms with Crippen LogP contribution < -0.4 is 9.47 Å². The molecule has 6 heteroatoms. The van der Waals surface area contributed by atoms with Crippen molar-refractivity contribution in [3.63, 3.8) is 0 Å². The Morgan fingerprint density at radius 2 is 1.44 bits per heavy atom. The molecule has 0 saturated carbocycles. The van der Waals surface area contributed by atoms with Crippen LogP contribution in [0.25, 0.3) is 22.3 Å². The molecule has 39 heavy (non-hydrogen) atoms. The van der Waals surface area contributed by atoms with Crippen molar-refractivity contribution in [3.05, 3.63) is 96.6 Å². The van der Waals surface area contributed by atoms with Crippen molar-refractivity contribution in [2.24, 2.45) is 0 Å². The topological polar surface area (TPSA) is 82.1 Å². The zero-order valence-electron chi connectivity index (χ0n) is 22.7. The van der Waals surface area contributed by atoms with Crippen LogP contribution in [-0.2, 0) is 20.7 Å². The average molecular weight is 529 g/mol. The molecule has 0 radical (unpaired) electrons. The molecule has 0 aliphatic carbocycles. The minimum absolute atomic E-state index is 0.0120. The predicted molar refractivity (Wildman–Crippen MR) is 154 cm³/mol. The molecule has 0 aliphatic heterocycles. The molecule has 0 saturated heterocycles. The van der Waals surface area contributed by atoms with Crippen LogP contribution in [0.4, 0.5) is 0 Å². The van der Waals surface area contributed by atoms with Gasteiger partial charge in [0.05, 0.1) is 12.2 Å². The van der Waals surface area contributed by atoms with Crippen LogP contribution >= 0.6 is 0 Å². The van der Waals surface area contributed by atoms with Gasteiger partial charge in [-0.05, 0) is 71.8 Å². The molecule has 204 valence electrons. The normalized spacial score (nSPS) is 10.5. The Kier molecular flexibility index (Phi) is 11.1. The zero-order valence-corrected chi connectivity index (χ0v) is 22.7. The second-order valence-electron chi connectivity index (χ2n) is 9.30. The van der Waals surface area contributed by atoms with Crippen molar-refractivity contribution in [2.75, 3.05) is 19.8 Å². The van der Waals surface area contributed by atoms with Gasteiger partial charge in [-0.3, -0.25) is 0 Å². The maximum atomic E-state index is 12.2. The number of carbonyl (C=O) groups is 2. The molecule has 6 nitrogen and oxygen atoms in total. The molecule has 1 N–H and O–H groups in total. The van der Waals surface area contributed by atoms with Crippen LogP contribution in [0.2, 0.25) is 0 Å². The molecule has 0 unspecified atom stereocenters. The monoisotopic (exact) mass is 528 g/mol. The van der Waals surface area contributed by atoms with E-state index in [1.165, 1.54) is 18.4 Å². The number of aryl methyl sites for hydroxylation is 1. The molecule has 0 aromatic heterocycles. The number of aliphatic hydroxyl groups is 1. The standard InChI is InChI=1S/C33H36O6/c1-5-6-7-8-25-9-11-27(12-10-25)31-21-29(39-33(36)24(4)22-34)17-18-30(31)26-13-15-28(16-14-26)37-19-20-38-32(35)23(2)3/h9-18,21,34H,2,4-8,19-20,22H2,1,3H3. The van der Waals surface area contributed by atoms with Crippen molar-refractivity contribution in [2.45, 2.75) is 39.5 Å². The number of hydrogen-bond acceptors (Lipinski definition) is 6. The molecular formula is C33H36O6. The summed E-state index contributed by atoms with van der Waals surface area (Å²) in [7, 11) is 0. The van der Waals surface area contributed by atoms with Gasteiger partial charge in [0.2, 0.25) is 0 Å². The van der Waals surface area contributed by atoms with E-state index in [4.69, 9.17) is 14.2 Å². The maximum Gasteiger partial charge on any atom is 0.341 e. The van der Waals surface area contributed by atoms with Crippen molar-refractivity contribution in [3.8, 4) is 33.8 Å². The molecule has 3 aromatic rings. The Hall–Kier alpha value is -4.16. The van der Waals surface area contributed by atoms with Gasteiger partial charge in [0, 0.05) is 5.57 Å². The second kappa shape index (κ2) is 14.7. The molecular weight excluding hydrogens is 492 g/mol. The first-order valence-electron chi connectivity index (χ1n) is 13.1. The fourth-order valence-electron chi connectivity index (χ4n) is 3.90. The highest BCUT2D eigenvalue weighted by molar-refractivity contribution is 5.91. The van der Waals surface area contributed by atoms with E-state index in [1.807, 2.05) is 36.4 Å².